The van der Waals surface area contributed by atoms with Crippen molar-refractivity contribution in [2.75, 3.05) is 18.5 Å². The van der Waals surface area contributed by atoms with Crippen molar-refractivity contribution in [1.29, 1.82) is 0 Å². The number of anilines is 1. The Bertz CT molecular complexity index is 1220. The summed E-state index contributed by atoms with van der Waals surface area (Å²) in [6.07, 6.45) is 0.820. The lowest BCUT2D eigenvalue weighted by Crippen LogP contribution is -2.42. The third-order valence-corrected chi connectivity index (χ3v) is 6.33. The van der Waals surface area contributed by atoms with Gasteiger partial charge in [0.05, 0.1) is 18.7 Å². The van der Waals surface area contributed by atoms with Crippen molar-refractivity contribution in [1.82, 2.24) is 4.90 Å². The maximum Gasteiger partial charge on any atom is 0.254 e. The van der Waals surface area contributed by atoms with Crippen molar-refractivity contribution in [3.05, 3.63) is 101 Å². The molecule has 0 aliphatic carbocycles. The lowest BCUT2D eigenvalue weighted by Gasteiger charge is -2.39. The third kappa shape index (κ3) is 3.74. The molecule has 5 heteroatoms. The second kappa shape index (κ2) is 8.49. The first-order valence-electron chi connectivity index (χ1n) is 10.8. The van der Waals surface area contributed by atoms with Crippen molar-refractivity contribution >= 4 is 11.6 Å². The summed E-state index contributed by atoms with van der Waals surface area (Å²) >= 11 is 0. The summed E-state index contributed by atoms with van der Waals surface area (Å²) in [5.74, 6) is 5.94. The monoisotopic (exact) mass is 426 g/mol. The molecular weight excluding hydrogens is 403 g/mol. The van der Waals surface area contributed by atoms with Gasteiger partial charge in [-0.2, -0.15) is 0 Å². The van der Waals surface area contributed by atoms with Gasteiger partial charge in [-0.3, -0.25) is 4.79 Å². The molecule has 1 amide bonds. The topological polar surface area (TPSA) is 52.6 Å². The van der Waals surface area contributed by atoms with Gasteiger partial charge in [0.2, 0.25) is 0 Å². The minimum absolute atomic E-state index is 0.00103. The average molecular weight is 426 g/mol. The summed E-state index contributed by atoms with van der Waals surface area (Å²) in [6, 6.07) is 21.2. The van der Waals surface area contributed by atoms with Crippen molar-refractivity contribution in [3.8, 4) is 11.8 Å². The summed E-state index contributed by atoms with van der Waals surface area (Å²) in [5.41, 5.74) is 3.99. The molecule has 1 fully saturated rings. The Balaban J connectivity index is 1.52. The first kappa shape index (κ1) is 20.3. The Morgan fingerprint density at radius 3 is 2.56 bits per heavy atom. The van der Waals surface area contributed by atoms with Crippen LogP contribution in [-0.2, 0) is 0 Å². The molecule has 0 radical (unpaired) electrons. The van der Waals surface area contributed by atoms with Gasteiger partial charge in [-0.05, 0) is 60.5 Å². The van der Waals surface area contributed by atoms with E-state index in [1.54, 1.807) is 12.1 Å². The van der Waals surface area contributed by atoms with Crippen LogP contribution >= 0.6 is 0 Å². The number of aliphatic hydroxyl groups excluding tert-OH is 1. The number of hydrogen-bond donors (Lipinski definition) is 2. The fourth-order valence-corrected chi connectivity index (χ4v) is 4.83. The van der Waals surface area contributed by atoms with Crippen LogP contribution in [0.2, 0.25) is 0 Å². The molecule has 3 aromatic rings. The average Bonchev–Trinajstić information content (AvgIpc) is 3.28. The number of fused-ring (bicyclic) bond motifs is 3. The molecule has 2 N–H and O–H groups in total. The van der Waals surface area contributed by atoms with Gasteiger partial charge >= 0.3 is 0 Å². The molecule has 0 bridgehead atoms. The lowest BCUT2D eigenvalue weighted by molar-refractivity contribution is 0.0701. The number of halogens is 1. The van der Waals surface area contributed by atoms with Crippen LogP contribution < -0.4 is 5.32 Å². The predicted molar refractivity (Wildman–Crippen MR) is 122 cm³/mol. The molecule has 5 rings (SSSR count). The highest BCUT2D eigenvalue weighted by Gasteiger charge is 2.45. The van der Waals surface area contributed by atoms with E-state index in [9.17, 15) is 14.3 Å². The molecular formula is C27H23FN2O2. The number of rotatable bonds is 2. The smallest absolute Gasteiger partial charge is 0.254 e. The van der Waals surface area contributed by atoms with E-state index in [-0.39, 0.29) is 36.3 Å². The minimum Gasteiger partial charge on any atom is -0.394 e. The predicted octanol–water partition coefficient (Wildman–Crippen LogP) is 4.22. The van der Waals surface area contributed by atoms with Gasteiger partial charge in [-0.15, -0.1) is 0 Å². The quantitative estimate of drug-likeness (QED) is 0.604. The van der Waals surface area contributed by atoms with Gasteiger partial charge in [0, 0.05) is 34.8 Å². The number of hydrogen-bond acceptors (Lipinski definition) is 3. The summed E-state index contributed by atoms with van der Waals surface area (Å²) in [4.78, 5) is 15.2. The van der Waals surface area contributed by atoms with E-state index in [4.69, 9.17) is 0 Å². The van der Waals surface area contributed by atoms with Gasteiger partial charge in [0.25, 0.3) is 5.91 Å². The molecule has 3 atom stereocenters. The standard InChI is InChI=1S/C27H23FN2O2/c28-21-8-4-5-18(15-21)9-10-19-11-12-24-23(16-19)26-22(25(17-31)29-24)13-14-30(26)27(32)20-6-2-1-3-7-20/h1-8,11-12,15-16,22,25-26,29,31H,13-14,17H2/t22-,25-,26-/m1/s1. The highest BCUT2D eigenvalue weighted by molar-refractivity contribution is 5.95. The van der Waals surface area contributed by atoms with E-state index in [0.717, 1.165) is 23.2 Å². The summed E-state index contributed by atoms with van der Waals surface area (Å²) in [7, 11) is 0. The molecule has 4 nitrogen and oxygen atoms in total. The Morgan fingerprint density at radius 1 is 1.03 bits per heavy atom. The number of nitrogens with zero attached hydrogens (tertiary/aromatic N) is 1. The van der Waals surface area contributed by atoms with E-state index in [2.05, 4.69) is 17.2 Å². The van der Waals surface area contributed by atoms with Gasteiger partial charge in [0.15, 0.2) is 0 Å². The number of amides is 1. The molecule has 0 unspecified atom stereocenters. The summed E-state index contributed by atoms with van der Waals surface area (Å²) in [5, 5.41) is 13.4. The van der Waals surface area contributed by atoms with Gasteiger partial charge in [0.1, 0.15) is 5.82 Å². The first-order valence-corrected chi connectivity index (χ1v) is 10.8. The van der Waals surface area contributed by atoms with E-state index >= 15 is 0 Å². The minimum atomic E-state index is -0.314. The zero-order chi connectivity index (χ0) is 22.1. The van der Waals surface area contributed by atoms with Crippen LogP contribution in [0.3, 0.4) is 0 Å². The molecule has 2 aliphatic heterocycles. The Hall–Kier alpha value is -3.62. The van der Waals surface area contributed by atoms with E-state index < -0.39 is 0 Å². The van der Waals surface area contributed by atoms with Gasteiger partial charge in [-0.1, -0.05) is 36.1 Å². The van der Waals surface area contributed by atoms with Crippen LogP contribution in [0.25, 0.3) is 0 Å². The van der Waals surface area contributed by atoms with Crippen molar-refractivity contribution in [3.63, 3.8) is 0 Å². The normalized spacial score (nSPS) is 21.1. The zero-order valence-electron chi connectivity index (χ0n) is 17.5. The number of aliphatic hydroxyl groups is 1. The Kier molecular flexibility index (Phi) is 5.38. The number of nitrogens with one attached hydrogen (secondary N) is 1. The second-order valence-electron chi connectivity index (χ2n) is 8.26. The molecule has 3 aromatic carbocycles. The van der Waals surface area contributed by atoms with Gasteiger partial charge < -0.3 is 15.3 Å². The molecule has 2 aliphatic rings. The molecule has 0 saturated carbocycles. The maximum absolute atomic E-state index is 13.5. The molecule has 0 aromatic heterocycles. The molecule has 160 valence electrons. The van der Waals surface area contributed by atoms with E-state index in [1.165, 1.54) is 12.1 Å². The third-order valence-electron chi connectivity index (χ3n) is 6.33. The highest BCUT2D eigenvalue weighted by atomic mass is 19.1. The molecule has 32 heavy (non-hydrogen) atoms. The molecule has 0 spiro atoms. The number of carbonyl (C=O) groups is 1. The largest absolute Gasteiger partial charge is 0.394 e. The number of carbonyl (C=O) groups excluding carboxylic acids is 1. The fraction of sp³-hybridized carbons (Fsp3) is 0.222. The van der Waals surface area contributed by atoms with Crippen molar-refractivity contribution < 1.29 is 14.3 Å². The highest BCUT2D eigenvalue weighted by Crippen LogP contribution is 2.47. The van der Waals surface area contributed by atoms with Crippen molar-refractivity contribution in [2.45, 2.75) is 18.5 Å². The fourth-order valence-electron chi connectivity index (χ4n) is 4.83. The van der Waals surface area contributed by atoms with Crippen molar-refractivity contribution in [2.24, 2.45) is 5.92 Å². The number of benzene rings is 3. The molecule has 2 heterocycles. The Morgan fingerprint density at radius 2 is 1.81 bits per heavy atom. The van der Waals surface area contributed by atoms with Gasteiger partial charge in [-0.25, -0.2) is 4.39 Å². The van der Waals surface area contributed by atoms with Crippen LogP contribution in [-0.4, -0.2) is 35.1 Å². The SMILES string of the molecule is O=C(c1ccccc1)N1CC[C@@H]2[C@@H](CO)Nc3ccc(C#Cc4cccc(F)c4)cc3[C@@H]21. The van der Waals surface area contributed by atoms with Crippen LogP contribution in [0.5, 0.6) is 0 Å². The van der Waals surface area contributed by atoms with Crippen LogP contribution in [0.15, 0.2) is 72.8 Å². The first-order chi connectivity index (χ1) is 15.6. The van der Waals surface area contributed by atoms with Crippen LogP contribution in [0.1, 0.15) is 39.5 Å². The van der Waals surface area contributed by atoms with Crippen LogP contribution in [0, 0.1) is 23.6 Å². The maximum atomic E-state index is 13.5. The summed E-state index contributed by atoms with van der Waals surface area (Å²) in [6.45, 7) is 0.648. The van der Waals surface area contributed by atoms with E-state index in [1.807, 2.05) is 53.4 Å². The zero-order valence-corrected chi connectivity index (χ0v) is 17.5. The Labute approximate surface area is 186 Å². The number of likely N-dealkylation sites (tertiary alicyclic amines) is 1. The summed E-state index contributed by atoms with van der Waals surface area (Å²) < 4.78 is 13.5. The van der Waals surface area contributed by atoms with E-state index in [0.29, 0.717) is 17.7 Å². The molecule has 1 saturated heterocycles. The second-order valence-corrected chi connectivity index (χ2v) is 8.26. The van der Waals surface area contributed by atoms with Crippen LogP contribution in [0.4, 0.5) is 10.1 Å². The lowest BCUT2D eigenvalue weighted by atomic mass is 9.82.